The first kappa shape index (κ1) is 7.03. The van der Waals surface area contributed by atoms with E-state index in [4.69, 9.17) is 10.8 Å². The number of urea groups is 1. The molecule has 52 valence electrons. The monoisotopic (exact) mass is 243 g/mol. The molecular formula is C3H6IN3O2. The number of aliphatic hydroxyl groups is 1. The van der Waals surface area contributed by atoms with Gasteiger partial charge in [-0.05, 0) is 0 Å². The van der Waals surface area contributed by atoms with Gasteiger partial charge in [-0.15, -0.1) is 0 Å². The van der Waals surface area contributed by atoms with Crippen LogP contribution in [0.2, 0.25) is 0 Å². The van der Waals surface area contributed by atoms with E-state index in [1.54, 1.807) is 22.9 Å². The first-order valence-electron chi connectivity index (χ1n) is 2.32. The zero-order valence-corrected chi connectivity index (χ0v) is 6.57. The van der Waals surface area contributed by atoms with E-state index in [-0.39, 0.29) is 6.03 Å². The summed E-state index contributed by atoms with van der Waals surface area (Å²) in [5, 5.41) is 11.3. The number of amides is 2. The summed E-state index contributed by atoms with van der Waals surface area (Å²) in [6.07, 6.45) is -1.56. The lowest BCUT2D eigenvalue weighted by molar-refractivity contribution is 0.103. The van der Waals surface area contributed by atoms with Crippen molar-refractivity contribution in [1.29, 1.82) is 0 Å². The summed E-state index contributed by atoms with van der Waals surface area (Å²) in [4.78, 5) is 10.6. The third kappa shape index (κ3) is 1.10. The van der Waals surface area contributed by atoms with Gasteiger partial charge in [-0.25, -0.2) is 7.91 Å². The third-order valence-electron chi connectivity index (χ3n) is 1.04. The van der Waals surface area contributed by atoms with Gasteiger partial charge < -0.3 is 16.2 Å². The van der Waals surface area contributed by atoms with Gasteiger partial charge in [-0.3, -0.25) is 0 Å². The Morgan fingerprint density at radius 3 is 2.56 bits per heavy atom. The lowest BCUT2D eigenvalue weighted by Gasteiger charge is -2.10. The van der Waals surface area contributed by atoms with E-state index in [0.717, 1.165) is 3.11 Å². The molecule has 2 unspecified atom stereocenters. The fourth-order valence-electron chi connectivity index (χ4n) is 0.540. The smallest absolute Gasteiger partial charge is 0.329 e. The van der Waals surface area contributed by atoms with Crippen LogP contribution in [0.15, 0.2) is 0 Å². The van der Waals surface area contributed by atoms with E-state index in [1.807, 2.05) is 0 Å². The quantitative estimate of drug-likeness (QED) is 0.376. The molecule has 2 amide bonds. The lowest BCUT2D eigenvalue weighted by Crippen LogP contribution is -2.40. The molecule has 6 heteroatoms. The van der Waals surface area contributed by atoms with Crippen LogP contribution in [0.1, 0.15) is 0 Å². The highest BCUT2D eigenvalue weighted by Crippen LogP contribution is 2.12. The maximum absolute atomic E-state index is 10.6. The molecule has 9 heavy (non-hydrogen) atoms. The van der Waals surface area contributed by atoms with Crippen LogP contribution in [0.3, 0.4) is 0 Å². The second kappa shape index (κ2) is 2.27. The third-order valence-corrected chi connectivity index (χ3v) is 2.05. The van der Waals surface area contributed by atoms with Gasteiger partial charge in [-0.1, -0.05) is 0 Å². The second-order valence-corrected chi connectivity index (χ2v) is 2.74. The van der Waals surface area contributed by atoms with Crippen molar-refractivity contribution < 1.29 is 9.90 Å². The van der Waals surface area contributed by atoms with E-state index >= 15 is 0 Å². The fourth-order valence-corrected chi connectivity index (χ4v) is 1.03. The Hall–Kier alpha value is -0.0800. The van der Waals surface area contributed by atoms with Gasteiger partial charge in [0.1, 0.15) is 6.17 Å². The molecule has 0 bridgehead atoms. The summed E-state index contributed by atoms with van der Waals surface area (Å²) in [5.74, 6) is 0. The minimum Gasteiger partial charge on any atom is -0.369 e. The molecule has 1 fully saturated rings. The van der Waals surface area contributed by atoms with E-state index in [2.05, 4.69) is 5.32 Å². The largest absolute Gasteiger partial charge is 0.369 e. The molecule has 1 saturated heterocycles. The molecule has 0 aromatic carbocycles. The Labute approximate surface area is 65.7 Å². The molecule has 1 heterocycles. The minimum absolute atomic E-state index is 0.351. The van der Waals surface area contributed by atoms with Gasteiger partial charge >= 0.3 is 6.03 Å². The van der Waals surface area contributed by atoms with E-state index in [1.165, 1.54) is 0 Å². The van der Waals surface area contributed by atoms with Crippen molar-refractivity contribution in [2.45, 2.75) is 12.4 Å². The number of hydrogen-bond donors (Lipinski definition) is 3. The SMILES string of the molecule is NC1NC(=O)N(I)C1O. The summed E-state index contributed by atoms with van der Waals surface area (Å²) in [6, 6.07) is -0.351. The van der Waals surface area contributed by atoms with Gasteiger partial charge in [0, 0.05) is 0 Å². The molecule has 1 rings (SSSR count). The average molecular weight is 243 g/mol. The van der Waals surface area contributed by atoms with Crippen molar-refractivity contribution in [3.63, 3.8) is 0 Å². The van der Waals surface area contributed by atoms with E-state index in [0.29, 0.717) is 0 Å². The molecule has 1 aliphatic rings. The van der Waals surface area contributed by atoms with Crippen LogP contribution in [0.4, 0.5) is 4.79 Å². The highest BCUT2D eigenvalue weighted by atomic mass is 127. The zero-order valence-electron chi connectivity index (χ0n) is 4.41. The van der Waals surface area contributed by atoms with Gasteiger partial charge in [0.25, 0.3) is 0 Å². The van der Waals surface area contributed by atoms with Crippen molar-refractivity contribution in [3.8, 4) is 0 Å². The van der Waals surface area contributed by atoms with Gasteiger partial charge in [0.2, 0.25) is 0 Å². The highest BCUT2D eigenvalue weighted by Gasteiger charge is 2.33. The predicted octanol–water partition coefficient (Wildman–Crippen LogP) is -1.04. The van der Waals surface area contributed by atoms with Crippen molar-refractivity contribution in [2.75, 3.05) is 0 Å². The first-order chi connectivity index (χ1) is 4.13. The second-order valence-electron chi connectivity index (χ2n) is 1.70. The fraction of sp³-hybridized carbons (Fsp3) is 0.667. The van der Waals surface area contributed by atoms with Crippen LogP contribution >= 0.6 is 22.9 Å². The zero-order chi connectivity index (χ0) is 7.02. The predicted molar refractivity (Wildman–Crippen MR) is 38.4 cm³/mol. The number of nitrogens with zero attached hydrogens (tertiary/aromatic N) is 1. The maximum atomic E-state index is 10.6. The number of aliphatic hydroxyl groups excluding tert-OH is 1. The Balaban J connectivity index is 2.65. The topological polar surface area (TPSA) is 78.6 Å². The molecule has 1 aliphatic heterocycles. The Morgan fingerprint density at radius 1 is 1.89 bits per heavy atom. The molecule has 4 N–H and O–H groups in total. The van der Waals surface area contributed by atoms with Crippen LogP contribution in [0.5, 0.6) is 0 Å². The Morgan fingerprint density at radius 2 is 2.44 bits per heavy atom. The summed E-state index contributed by atoms with van der Waals surface area (Å²) in [7, 11) is 0. The number of hydrogen-bond acceptors (Lipinski definition) is 3. The molecule has 0 aromatic heterocycles. The number of rotatable bonds is 0. The molecule has 5 nitrogen and oxygen atoms in total. The van der Waals surface area contributed by atoms with E-state index in [9.17, 15) is 4.79 Å². The molecule has 0 radical (unpaired) electrons. The number of carbonyl (C=O) groups is 1. The number of nitrogens with two attached hydrogens (primary N) is 1. The highest BCUT2D eigenvalue weighted by molar-refractivity contribution is 14.1. The van der Waals surface area contributed by atoms with E-state index < -0.39 is 12.4 Å². The molecular weight excluding hydrogens is 237 g/mol. The number of halogens is 1. The van der Waals surface area contributed by atoms with Gasteiger partial charge in [0.15, 0.2) is 6.23 Å². The molecule has 0 aliphatic carbocycles. The van der Waals surface area contributed by atoms with Crippen LogP contribution in [-0.2, 0) is 0 Å². The summed E-state index contributed by atoms with van der Waals surface area (Å²) in [6.45, 7) is 0. The minimum atomic E-state index is -0.905. The van der Waals surface area contributed by atoms with Crippen molar-refractivity contribution >= 4 is 28.9 Å². The van der Waals surface area contributed by atoms with Crippen LogP contribution in [0.25, 0.3) is 0 Å². The molecule has 0 aromatic rings. The van der Waals surface area contributed by atoms with Gasteiger partial charge in [0.05, 0.1) is 22.9 Å². The van der Waals surface area contributed by atoms with Crippen LogP contribution < -0.4 is 11.1 Å². The molecule has 2 atom stereocenters. The standard InChI is InChI=1S/C3H6IN3O2/c4-7-2(8)1(5)6-3(7)9/h1-2,8H,5H2,(H,6,9). The lowest BCUT2D eigenvalue weighted by atomic mass is 10.5. The van der Waals surface area contributed by atoms with Crippen LogP contribution in [0, 0.1) is 0 Å². The maximum Gasteiger partial charge on any atom is 0.329 e. The number of nitrogens with one attached hydrogen (secondary N) is 1. The van der Waals surface area contributed by atoms with Crippen LogP contribution in [-0.4, -0.2) is 26.6 Å². The van der Waals surface area contributed by atoms with Crippen molar-refractivity contribution in [3.05, 3.63) is 0 Å². The molecule has 0 spiro atoms. The summed E-state index contributed by atoms with van der Waals surface area (Å²) >= 11 is 1.69. The Bertz CT molecular complexity index is 141. The normalized spacial score (nSPS) is 35.0. The first-order valence-corrected chi connectivity index (χ1v) is 3.28. The summed E-state index contributed by atoms with van der Waals surface area (Å²) in [5.41, 5.74) is 5.23. The molecule has 0 saturated carbocycles. The van der Waals surface area contributed by atoms with Gasteiger partial charge in [-0.2, -0.15) is 0 Å². The van der Waals surface area contributed by atoms with Crippen molar-refractivity contribution in [1.82, 2.24) is 8.43 Å². The van der Waals surface area contributed by atoms with Crippen molar-refractivity contribution in [2.24, 2.45) is 5.73 Å². The average Bonchev–Trinajstić information content (AvgIpc) is 1.98. The number of carbonyl (C=O) groups excluding carboxylic acids is 1. The summed E-state index contributed by atoms with van der Waals surface area (Å²) < 4.78 is 1.11. The Kier molecular flexibility index (Phi) is 1.78.